The van der Waals surface area contributed by atoms with Gasteiger partial charge in [0.2, 0.25) is 0 Å². The van der Waals surface area contributed by atoms with E-state index in [-0.39, 0.29) is 11.9 Å². The number of aryl methyl sites for hydroxylation is 1. The van der Waals surface area contributed by atoms with Crippen molar-refractivity contribution in [3.8, 4) is 0 Å². The van der Waals surface area contributed by atoms with Crippen LogP contribution in [0.25, 0.3) is 0 Å². The van der Waals surface area contributed by atoms with Crippen LogP contribution < -0.4 is 5.32 Å². The van der Waals surface area contributed by atoms with Crippen molar-refractivity contribution in [1.82, 2.24) is 4.90 Å². The third kappa shape index (κ3) is 5.22. The zero-order valence-corrected chi connectivity index (χ0v) is 19.9. The second kappa shape index (κ2) is 10.5. The number of hydrogen-bond donors (Lipinski definition) is 1. The van der Waals surface area contributed by atoms with Crippen LogP contribution in [-0.2, 0) is 6.42 Å². The van der Waals surface area contributed by atoms with Crippen LogP contribution >= 0.6 is 23.1 Å². The van der Waals surface area contributed by atoms with Crippen molar-refractivity contribution in [3.05, 3.63) is 82.2 Å². The van der Waals surface area contributed by atoms with Gasteiger partial charge < -0.3 is 5.32 Å². The van der Waals surface area contributed by atoms with E-state index >= 15 is 0 Å². The van der Waals surface area contributed by atoms with E-state index in [0.29, 0.717) is 5.56 Å². The van der Waals surface area contributed by atoms with E-state index < -0.39 is 0 Å². The molecule has 3 aromatic rings. The molecule has 0 saturated carbocycles. The van der Waals surface area contributed by atoms with Crippen LogP contribution in [-0.4, -0.2) is 30.2 Å². The Balaban J connectivity index is 1.72. The summed E-state index contributed by atoms with van der Waals surface area (Å²) in [4.78, 5) is 18.1. The van der Waals surface area contributed by atoms with Gasteiger partial charge in [0, 0.05) is 20.9 Å². The van der Waals surface area contributed by atoms with Crippen LogP contribution in [0.4, 0.5) is 5.00 Å². The summed E-state index contributed by atoms with van der Waals surface area (Å²) in [5.41, 5.74) is 3.22. The smallest absolute Gasteiger partial charge is 0.256 e. The molecule has 4 rings (SSSR count). The standard InChI is InChI=1S/C26H30N2OS2/c1-3-21-18-23(26(31-21)27-25(29)20-10-6-4-7-11-20)24(28-16-8-5-9-17-28)19-12-14-22(30-2)15-13-19/h4,6-7,10-15,18,24H,3,5,8-9,16-17H2,1-2H3,(H,27,29)/t24-/m1/s1. The first-order valence-electron chi connectivity index (χ1n) is 11.1. The molecular formula is C26H30N2OS2. The molecule has 1 amide bonds. The maximum absolute atomic E-state index is 13.0. The van der Waals surface area contributed by atoms with Crippen LogP contribution in [0, 0.1) is 0 Å². The number of amides is 1. The third-order valence-corrected chi connectivity index (χ3v) is 7.86. The highest BCUT2D eigenvalue weighted by Crippen LogP contribution is 2.41. The van der Waals surface area contributed by atoms with Gasteiger partial charge in [-0.15, -0.1) is 23.1 Å². The average molecular weight is 451 g/mol. The van der Waals surface area contributed by atoms with E-state index in [1.54, 1.807) is 23.1 Å². The lowest BCUT2D eigenvalue weighted by Gasteiger charge is -2.35. The van der Waals surface area contributed by atoms with Gasteiger partial charge in [0.1, 0.15) is 5.00 Å². The Hall–Kier alpha value is -2.08. The fourth-order valence-corrected chi connectivity index (χ4v) is 5.68. The average Bonchev–Trinajstić information content (AvgIpc) is 3.23. The molecule has 1 aliphatic rings. The molecule has 3 nitrogen and oxygen atoms in total. The minimum Gasteiger partial charge on any atom is -0.313 e. The Morgan fingerprint density at radius 2 is 1.77 bits per heavy atom. The summed E-state index contributed by atoms with van der Waals surface area (Å²) in [5.74, 6) is -0.0403. The zero-order valence-electron chi connectivity index (χ0n) is 18.3. The Bertz CT molecular complexity index is 992. The number of carbonyl (C=O) groups is 1. The predicted molar refractivity (Wildman–Crippen MR) is 134 cm³/mol. The van der Waals surface area contributed by atoms with Crippen LogP contribution in [0.15, 0.2) is 65.6 Å². The first kappa shape index (κ1) is 22.1. The van der Waals surface area contributed by atoms with E-state index in [1.165, 1.54) is 40.2 Å². The maximum Gasteiger partial charge on any atom is 0.256 e. The Kier molecular flexibility index (Phi) is 7.49. The lowest BCUT2D eigenvalue weighted by molar-refractivity contribution is 0.102. The van der Waals surface area contributed by atoms with Gasteiger partial charge in [-0.25, -0.2) is 0 Å². The first-order chi connectivity index (χ1) is 15.2. The molecule has 1 N–H and O–H groups in total. The Morgan fingerprint density at radius 1 is 1.06 bits per heavy atom. The molecular weight excluding hydrogens is 420 g/mol. The van der Waals surface area contributed by atoms with Crippen molar-refractivity contribution in [2.45, 2.75) is 43.5 Å². The number of piperidine rings is 1. The van der Waals surface area contributed by atoms with Crippen molar-refractivity contribution in [3.63, 3.8) is 0 Å². The van der Waals surface area contributed by atoms with Crippen molar-refractivity contribution in [1.29, 1.82) is 0 Å². The molecule has 31 heavy (non-hydrogen) atoms. The van der Waals surface area contributed by atoms with Crippen LogP contribution in [0.1, 0.15) is 58.6 Å². The van der Waals surface area contributed by atoms with Gasteiger partial charge in [-0.1, -0.05) is 43.7 Å². The number of thiophene rings is 1. The fraction of sp³-hybridized carbons (Fsp3) is 0.346. The van der Waals surface area contributed by atoms with Crippen molar-refractivity contribution in [2.75, 3.05) is 24.7 Å². The maximum atomic E-state index is 13.0. The number of thioether (sulfide) groups is 1. The van der Waals surface area contributed by atoms with Gasteiger partial charge in [-0.3, -0.25) is 9.69 Å². The molecule has 0 aliphatic carbocycles. The highest BCUT2D eigenvalue weighted by molar-refractivity contribution is 7.98. The predicted octanol–water partition coefficient (Wildman–Crippen LogP) is 6.86. The summed E-state index contributed by atoms with van der Waals surface area (Å²) in [5, 5.41) is 4.22. The summed E-state index contributed by atoms with van der Waals surface area (Å²) in [6.45, 7) is 4.37. The molecule has 162 valence electrons. The number of likely N-dealkylation sites (tertiary alicyclic amines) is 1. The fourth-order valence-electron chi connectivity index (χ4n) is 4.25. The summed E-state index contributed by atoms with van der Waals surface area (Å²) in [7, 11) is 0. The minimum absolute atomic E-state index is 0.0403. The molecule has 0 unspecified atom stereocenters. The van der Waals surface area contributed by atoms with Crippen LogP contribution in [0.5, 0.6) is 0 Å². The lowest BCUT2D eigenvalue weighted by Crippen LogP contribution is -2.34. The molecule has 0 spiro atoms. The number of hydrogen-bond acceptors (Lipinski definition) is 4. The molecule has 0 radical (unpaired) electrons. The van der Waals surface area contributed by atoms with E-state index in [1.807, 2.05) is 30.3 Å². The van der Waals surface area contributed by atoms with E-state index in [4.69, 9.17) is 0 Å². The summed E-state index contributed by atoms with van der Waals surface area (Å²) < 4.78 is 0. The van der Waals surface area contributed by atoms with Gasteiger partial charge in [0.25, 0.3) is 5.91 Å². The number of nitrogens with one attached hydrogen (secondary N) is 1. The van der Waals surface area contributed by atoms with E-state index in [2.05, 4.69) is 53.7 Å². The zero-order chi connectivity index (χ0) is 21.6. The lowest BCUT2D eigenvalue weighted by atomic mass is 9.95. The SMILES string of the molecule is CCc1cc([C@@H](c2ccc(SC)cc2)N2CCCCC2)c(NC(=O)c2ccccc2)s1. The summed E-state index contributed by atoms with van der Waals surface area (Å²) in [6.07, 6.45) is 6.85. The van der Waals surface area contributed by atoms with Crippen molar-refractivity contribution < 1.29 is 4.79 Å². The molecule has 5 heteroatoms. The van der Waals surface area contributed by atoms with Gasteiger partial charge in [-0.2, -0.15) is 0 Å². The second-order valence-electron chi connectivity index (χ2n) is 7.94. The number of rotatable bonds is 7. The normalized spacial score (nSPS) is 15.5. The highest BCUT2D eigenvalue weighted by Gasteiger charge is 2.28. The van der Waals surface area contributed by atoms with Crippen molar-refractivity contribution >= 4 is 34.0 Å². The monoisotopic (exact) mass is 450 g/mol. The molecule has 2 aromatic carbocycles. The molecule has 1 atom stereocenters. The van der Waals surface area contributed by atoms with Crippen molar-refractivity contribution in [2.24, 2.45) is 0 Å². The second-order valence-corrected chi connectivity index (χ2v) is 9.96. The number of nitrogens with zero attached hydrogens (tertiary/aromatic N) is 1. The first-order valence-corrected chi connectivity index (χ1v) is 13.1. The Labute approximate surface area is 193 Å². The summed E-state index contributed by atoms with van der Waals surface area (Å²) in [6, 6.07) is 20.9. The van der Waals surface area contributed by atoms with E-state index in [0.717, 1.165) is 24.5 Å². The topological polar surface area (TPSA) is 32.3 Å². The number of benzene rings is 2. The van der Waals surface area contributed by atoms with Gasteiger partial charge in [0.05, 0.1) is 6.04 Å². The number of carbonyl (C=O) groups excluding carboxylic acids is 1. The summed E-state index contributed by atoms with van der Waals surface area (Å²) >= 11 is 3.48. The quantitative estimate of drug-likeness (QED) is 0.399. The largest absolute Gasteiger partial charge is 0.313 e. The molecule has 1 aromatic heterocycles. The molecule has 2 heterocycles. The molecule has 1 aliphatic heterocycles. The van der Waals surface area contributed by atoms with Crippen LogP contribution in [0.2, 0.25) is 0 Å². The molecule has 0 bridgehead atoms. The molecule has 1 saturated heterocycles. The van der Waals surface area contributed by atoms with E-state index in [9.17, 15) is 4.79 Å². The third-order valence-electron chi connectivity index (χ3n) is 5.91. The van der Waals surface area contributed by atoms with Gasteiger partial charge in [-0.05, 0) is 74.5 Å². The Morgan fingerprint density at radius 3 is 2.42 bits per heavy atom. The number of anilines is 1. The van der Waals surface area contributed by atoms with Gasteiger partial charge in [0.15, 0.2) is 0 Å². The van der Waals surface area contributed by atoms with Crippen LogP contribution in [0.3, 0.4) is 0 Å². The van der Waals surface area contributed by atoms with Gasteiger partial charge >= 0.3 is 0 Å². The molecule has 1 fully saturated rings. The minimum atomic E-state index is -0.0403. The highest BCUT2D eigenvalue weighted by atomic mass is 32.2.